The van der Waals surface area contributed by atoms with Crippen molar-refractivity contribution >= 4 is 23.6 Å². The maximum absolute atomic E-state index is 14.1. The molecule has 1 aromatic carbocycles. The van der Waals surface area contributed by atoms with Gasteiger partial charge in [0.05, 0.1) is 16.8 Å². The lowest BCUT2D eigenvalue weighted by molar-refractivity contribution is 0.0691. The van der Waals surface area contributed by atoms with Crippen molar-refractivity contribution in [3.63, 3.8) is 0 Å². The lowest BCUT2D eigenvalue weighted by Gasteiger charge is -2.15. The molecular formula is C15H10FN3O5. The number of amides is 2. The van der Waals surface area contributed by atoms with Gasteiger partial charge in [-0.25, -0.2) is 9.18 Å². The molecule has 0 bridgehead atoms. The van der Waals surface area contributed by atoms with Gasteiger partial charge in [0.2, 0.25) is 0 Å². The minimum Gasteiger partial charge on any atom is -0.478 e. The highest BCUT2D eigenvalue weighted by molar-refractivity contribution is 6.23. The smallest absolute Gasteiger partial charge is 0.340 e. The summed E-state index contributed by atoms with van der Waals surface area (Å²) in [5.74, 6) is -4.68. The highest BCUT2D eigenvalue weighted by atomic mass is 19.1. The molecular weight excluding hydrogens is 321 g/mol. The van der Waals surface area contributed by atoms with Crippen LogP contribution in [0, 0.1) is 12.7 Å². The predicted molar refractivity (Wildman–Crippen MR) is 79.9 cm³/mol. The molecule has 0 radical (unpaired) electrons. The van der Waals surface area contributed by atoms with Crippen LogP contribution in [0.3, 0.4) is 0 Å². The number of aromatic nitrogens is 1. The summed E-state index contributed by atoms with van der Waals surface area (Å²) in [5, 5.41) is 11.2. The zero-order valence-corrected chi connectivity index (χ0v) is 12.2. The fourth-order valence-electron chi connectivity index (χ4n) is 2.64. The molecule has 0 saturated carbocycles. The second-order valence-electron chi connectivity index (χ2n) is 5.22. The number of fused-ring (bicyclic) bond motifs is 1. The van der Waals surface area contributed by atoms with Crippen LogP contribution in [0.4, 0.5) is 10.2 Å². The zero-order chi connectivity index (χ0) is 17.8. The second kappa shape index (κ2) is 5.01. The van der Waals surface area contributed by atoms with E-state index in [2.05, 4.69) is 0 Å². The molecule has 9 heteroatoms. The molecule has 1 aliphatic heterocycles. The van der Waals surface area contributed by atoms with Gasteiger partial charge in [-0.05, 0) is 24.6 Å². The van der Waals surface area contributed by atoms with E-state index < -0.39 is 40.5 Å². The standard InChI is InChI=1S/C15H10FN3O5/c1-5-2-7(16)11(15(23)24)8(3-5)19-9(20)4-6-10(12(19)17)14(22)18-13(6)21/h2-4H,17H2,1H3,(H,23,24)(H,18,21,22). The number of imide groups is 1. The first-order valence-electron chi connectivity index (χ1n) is 6.67. The Morgan fingerprint density at radius 1 is 1.21 bits per heavy atom. The lowest BCUT2D eigenvalue weighted by atomic mass is 10.1. The first-order valence-corrected chi connectivity index (χ1v) is 6.67. The number of nitrogens with two attached hydrogens (primary N) is 1. The maximum Gasteiger partial charge on any atom is 0.340 e. The van der Waals surface area contributed by atoms with E-state index in [0.29, 0.717) is 10.1 Å². The van der Waals surface area contributed by atoms with Crippen molar-refractivity contribution in [2.24, 2.45) is 0 Å². The van der Waals surface area contributed by atoms with Gasteiger partial charge in [0.25, 0.3) is 17.4 Å². The zero-order valence-electron chi connectivity index (χ0n) is 12.2. The Kier molecular flexibility index (Phi) is 3.22. The monoisotopic (exact) mass is 331 g/mol. The molecule has 2 amide bonds. The van der Waals surface area contributed by atoms with Crippen molar-refractivity contribution in [3.8, 4) is 5.69 Å². The van der Waals surface area contributed by atoms with Crippen LogP contribution < -0.4 is 16.6 Å². The number of nitrogens with one attached hydrogen (secondary N) is 1. The van der Waals surface area contributed by atoms with E-state index in [9.17, 15) is 28.7 Å². The van der Waals surface area contributed by atoms with E-state index in [-0.39, 0.29) is 16.8 Å². The van der Waals surface area contributed by atoms with E-state index in [4.69, 9.17) is 5.73 Å². The summed E-state index contributed by atoms with van der Waals surface area (Å²) in [6.45, 7) is 1.50. The van der Waals surface area contributed by atoms with Crippen LogP contribution in [0.25, 0.3) is 5.69 Å². The Balaban J connectivity index is 2.44. The average molecular weight is 331 g/mol. The van der Waals surface area contributed by atoms with Crippen molar-refractivity contribution in [3.05, 3.63) is 56.6 Å². The van der Waals surface area contributed by atoms with Gasteiger partial charge in [-0.3, -0.25) is 24.3 Å². The Morgan fingerprint density at radius 2 is 1.88 bits per heavy atom. The number of benzene rings is 1. The summed E-state index contributed by atoms with van der Waals surface area (Å²) >= 11 is 0. The highest BCUT2D eigenvalue weighted by Gasteiger charge is 2.33. The predicted octanol–water partition coefficient (Wildman–Crippen LogP) is 0.449. The summed E-state index contributed by atoms with van der Waals surface area (Å²) in [6, 6.07) is 3.11. The molecule has 2 aromatic rings. The Labute approximate surface area is 133 Å². The van der Waals surface area contributed by atoms with Crippen molar-refractivity contribution in [1.29, 1.82) is 0 Å². The molecule has 0 aliphatic carbocycles. The first kappa shape index (κ1) is 15.4. The van der Waals surface area contributed by atoms with Gasteiger partial charge in [-0.15, -0.1) is 0 Å². The number of carbonyl (C=O) groups is 3. The maximum atomic E-state index is 14.1. The third-order valence-electron chi connectivity index (χ3n) is 3.62. The van der Waals surface area contributed by atoms with Crippen molar-refractivity contribution in [2.45, 2.75) is 6.92 Å². The molecule has 1 aromatic heterocycles. The molecule has 8 nitrogen and oxygen atoms in total. The SMILES string of the molecule is Cc1cc(F)c(C(=O)O)c(-n2c(N)c3c(cc2=O)C(=O)NC3=O)c1. The van der Waals surface area contributed by atoms with Crippen molar-refractivity contribution in [2.75, 3.05) is 5.73 Å². The van der Waals surface area contributed by atoms with E-state index in [1.165, 1.54) is 13.0 Å². The van der Waals surface area contributed by atoms with Crippen LogP contribution in [0.5, 0.6) is 0 Å². The molecule has 3 rings (SSSR count). The van der Waals surface area contributed by atoms with Crippen LogP contribution in [-0.4, -0.2) is 27.5 Å². The van der Waals surface area contributed by atoms with Crippen molar-refractivity contribution < 1.29 is 23.9 Å². The number of aryl methyl sites for hydroxylation is 1. The van der Waals surface area contributed by atoms with Gasteiger partial charge in [-0.1, -0.05) is 0 Å². The van der Waals surface area contributed by atoms with E-state index in [1.54, 1.807) is 0 Å². The van der Waals surface area contributed by atoms with Crippen LogP contribution in [0.1, 0.15) is 36.6 Å². The Morgan fingerprint density at radius 3 is 2.50 bits per heavy atom. The number of nitrogen functional groups attached to an aromatic ring is 1. The van der Waals surface area contributed by atoms with Gasteiger partial charge in [0, 0.05) is 6.07 Å². The summed E-state index contributed by atoms with van der Waals surface area (Å²) in [4.78, 5) is 47.1. The van der Waals surface area contributed by atoms with E-state index in [0.717, 1.165) is 12.1 Å². The third-order valence-corrected chi connectivity index (χ3v) is 3.62. The number of halogens is 1. The molecule has 4 N–H and O–H groups in total. The number of carbonyl (C=O) groups excluding carboxylic acids is 2. The highest BCUT2D eigenvalue weighted by Crippen LogP contribution is 2.26. The minimum absolute atomic E-state index is 0.205. The summed E-state index contributed by atoms with van der Waals surface area (Å²) < 4.78 is 14.8. The fourth-order valence-corrected chi connectivity index (χ4v) is 2.64. The molecule has 0 atom stereocenters. The van der Waals surface area contributed by atoms with Crippen molar-refractivity contribution in [1.82, 2.24) is 9.88 Å². The second-order valence-corrected chi connectivity index (χ2v) is 5.22. The first-order chi connectivity index (χ1) is 11.2. The molecule has 0 fully saturated rings. The van der Waals surface area contributed by atoms with Gasteiger partial charge < -0.3 is 10.8 Å². The number of carboxylic acid groups (broad SMARTS) is 1. The van der Waals surface area contributed by atoms with Crippen LogP contribution >= 0.6 is 0 Å². The van der Waals surface area contributed by atoms with Crippen LogP contribution in [0.15, 0.2) is 23.0 Å². The van der Waals surface area contributed by atoms with Gasteiger partial charge in [0.15, 0.2) is 0 Å². The summed E-state index contributed by atoms with van der Waals surface area (Å²) in [6.07, 6.45) is 0. The number of pyridine rings is 1. The molecule has 1 aliphatic rings. The molecule has 24 heavy (non-hydrogen) atoms. The number of hydrogen-bond acceptors (Lipinski definition) is 5. The van der Waals surface area contributed by atoms with Gasteiger partial charge in [-0.2, -0.15) is 0 Å². The number of carboxylic acids is 1. The Bertz CT molecular complexity index is 1010. The van der Waals surface area contributed by atoms with Gasteiger partial charge >= 0.3 is 5.97 Å². The summed E-state index contributed by atoms with van der Waals surface area (Å²) in [5.41, 5.74) is 3.77. The molecule has 2 heterocycles. The average Bonchev–Trinajstić information content (AvgIpc) is 2.72. The van der Waals surface area contributed by atoms with Crippen LogP contribution in [-0.2, 0) is 0 Å². The molecule has 0 unspecified atom stereocenters. The molecule has 122 valence electrons. The summed E-state index contributed by atoms with van der Waals surface area (Å²) in [7, 11) is 0. The lowest BCUT2D eigenvalue weighted by Crippen LogP contribution is -2.26. The van der Waals surface area contributed by atoms with Crippen LogP contribution in [0.2, 0.25) is 0 Å². The fraction of sp³-hybridized carbons (Fsp3) is 0.0667. The number of aromatic carboxylic acids is 1. The number of hydrogen-bond donors (Lipinski definition) is 3. The number of anilines is 1. The van der Waals surface area contributed by atoms with Gasteiger partial charge in [0.1, 0.15) is 17.2 Å². The molecule has 0 saturated heterocycles. The minimum atomic E-state index is -1.60. The largest absolute Gasteiger partial charge is 0.478 e. The normalized spacial score (nSPS) is 12.9. The quantitative estimate of drug-likeness (QED) is 0.685. The molecule has 0 spiro atoms. The number of nitrogens with zero attached hydrogens (tertiary/aromatic N) is 1. The number of rotatable bonds is 2. The van der Waals surface area contributed by atoms with E-state index >= 15 is 0 Å². The topological polar surface area (TPSA) is 131 Å². The Hall–Kier alpha value is -3.49. The third kappa shape index (κ3) is 2.06. The van der Waals surface area contributed by atoms with E-state index in [1.807, 2.05) is 5.32 Å².